The van der Waals surface area contributed by atoms with Crippen molar-refractivity contribution in [1.29, 1.82) is 0 Å². The summed E-state index contributed by atoms with van der Waals surface area (Å²) in [6.07, 6.45) is 2.63. The second-order valence-electron chi connectivity index (χ2n) is 3.38. The molecule has 0 aromatic heterocycles. The number of hydrogen-bond donors (Lipinski definition) is 2. The first-order valence-electron chi connectivity index (χ1n) is 4.98. The highest BCUT2D eigenvalue weighted by atomic mass is 79.9. The maximum Gasteiger partial charge on any atom is 0.335 e. The normalized spacial score (nSPS) is 9.71. The topological polar surface area (TPSA) is 66.4 Å². The Balaban J connectivity index is 2.75. The van der Waals surface area contributed by atoms with Crippen LogP contribution in [0.3, 0.4) is 0 Å². The molecule has 0 saturated heterocycles. The molecule has 0 heterocycles. The van der Waals surface area contributed by atoms with E-state index in [1.165, 1.54) is 12.1 Å². The monoisotopic (exact) mass is 297 g/mol. The van der Waals surface area contributed by atoms with E-state index in [0.29, 0.717) is 23.0 Å². The number of hydrogen-bond acceptors (Lipinski definition) is 2. The van der Waals surface area contributed by atoms with Crippen molar-refractivity contribution >= 4 is 33.5 Å². The van der Waals surface area contributed by atoms with Gasteiger partial charge in [0, 0.05) is 10.9 Å². The summed E-state index contributed by atoms with van der Waals surface area (Å²) in [5.74, 6) is -1.14. The molecule has 0 aliphatic rings. The van der Waals surface area contributed by atoms with Crippen molar-refractivity contribution in [2.75, 3.05) is 5.32 Å². The SMILES string of the molecule is C=CCCC(=O)Nc1ccc(C(=O)O)cc1Br. The van der Waals surface area contributed by atoms with Crippen LogP contribution in [-0.2, 0) is 4.79 Å². The first kappa shape index (κ1) is 13.4. The Labute approximate surface area is 107 Å². The predicted octanol–water partition coefficient (Wildman–Crippen LogP) is 3.05. The van der Waals surface area contributed by atoms with Crippen LogP contribution in [0.25, 0.3) is 0 Å². The van der Waals surface area contributed by atoms with Gasteiger partial charge >= 0.3 is 5.97 Å². The van der Waals surface area contributed by atoms with E-state index in [1.54, 1.807) is 12.1 Å². The van der Waals surface area contributed by atoms with E-state index < -0.39 is 5.97 Å². The summed E-state index contributed by atoms with van der Waals surface area (Å²) in [4.78, 5) is 22.2. The van der Waals surface area contributed by atoms with Gasteiger partial charge in [0.2, 0.25) is 5.91 Å². The van der Waals surface area contributed by atoms with Crippen molar-refractivity contribution < 1.29 is 14.7 Å². The van der Waals surface area contributed by atoms with Gasteiger partial charge in [-0.1, -0.05) is 6.08 Å². The zero-order valence-corrected chi connectivity index (χ0v) is 10.7. The summed E-state index contributed by atoms with van der Waals surface area (Å²) in [7, 11) is 0. The summed E-state index contributed by atoms with van der Waals surface area (Å²) < 4.78 is 0.546. The lowest BCUT2D eigenvalue weighted by atomic mass is 10.2. The molecule has 1 aromatic rings. The minimum absolute atomic E-state index is 0.131. The van der Waals surface area contributed by atoms with Gasteiger partial charge in [-0.2, -0.15) is 0 Å². The van der Waals surface area contributed by atoms with E-state index >= 15 is 0 Å². The van der Waals surface area contributed by atoms with Gasteiger partial charge in [-0.25, -0.2) is 4.79 Å². The molecule has 0 atom stereocenters. The van der Waals surface area contributed by atoms with Crippen LogP contribution in [0.5, 0.6) is 0 Å². The molecular formula is C12H12BrNO3. The van der Waals surface area contributed by atoms with Crippen LogP contribution >= 0.6 is 15.9 Å². The Bertz CT molecular complexity index is 457. The number of carbonyl (C=O) groups is 2. The highest BCUT2D eigenvalue weighted by molar-refractivity contribution is 9.10. The van der Waals surface area contributed by atoms with Gasteiger partial charge in [0.25, 0.3) is 0 Å². The Hall–Kier alpha value is -1.62. The van der Waals surface area contributed by atoms with Gasteiger partial charge in [-0.05, 0) is 40.5 Å². The fourth-order valence-corrected chi connectivity index (χ4v) is 1.67. The molecule has 0 bridgehead atoms. The maximum absolute atomic E-state index is 11.4. The Morgan fingerprint density at radius 3 is 2.71 bits per heavy atom. The molecule has 0 radical (unpaired) electrons. The molecule has 0 aliphatic carbocycles. The van der Waals surface area contributed by atoms with Crippen molar-refractivity contribution in [3.05, 3.63) is 40.9 Å². The lowest BCUT2D eigenvalue weighted by Crippen LogP contribution is -2.11. The minimum Gasteiger partial charge on any atom is -0.478 e. The van der Waals surface area contributed by atoms with Crippen LogP contribution in [0.15, 0.2) is 35.3 Å². The molecule has 1 rings (SSSR count). The Morgan fingerprint density at radius 1 is 1.47 bits per heavy atom. The highest BCUT2D eigenvalue weighted by Gasteiger charge is 2.08. The molecule has 0 unspecified atom stereocenters. The number of benzene rings is 1. The molecule has 0 saturated carbocycles. The molecule has 1 aromatic carbocycles. The highest BCUT2D eigenvalue weighted by Crippen LogP contribution is 2.23. The van der Waals surface area contributed by atoms with Gasteiger partial charge in [-0.15, -0.1) is 6.58 Å². The number of halogens is 1. The second kappa shape index (κ2) is 6.20. The summed E-state index contributed by atoms with van der Waals surface area (Å²) in [6, 6.07) is 4.45. The number of aromatic carboxylic acids is 1. The zero-order chi connectivity index (χ0) is 12.8. The minimum atomic E-state index is -1.00. The molecule has 90 valence electrons. The number of nitrogens with one attached hydrogen (secondary N) is 1. The average molecular weight is 298 g/mol. The van der Waals surface area contributed by atoms with Crippen molar-refractivity contribution in [3.8, 4) is 0 Å². The molecule has 0 spiro atoms. The lowest BCUT2D eigenvalue weighted by molar-refractivity contribution is -0.116. The Morgan fingerprint density at radius 2 is 2.18 bits per heavy atom. The first-order chi connectivity index (χ1) is 8.04. The molecule has 5 heteroatoms. The van der Waals surface area contributed by atoms with Crippen LogP contribution in [0, 0.1) is 0 Å². The summed E-state index contributed by atoms with van der Waals surface area (Å²) >= 11 is 3.21. The largest absolute Gasteiger partial charge is 0.478 e. The number of rotatable bonds is 5. The third-order valence-electron chi connectivity index (χ3n) is 2.07. The molecule has 17 heavy (non-hydrogen) atoms. The third-order valence-corrected chi connectivity index (χ3v) is 2.72. The number of allylic oxidation sites excluding steroid dienone is 1. The van der Waals surface area contributed by atoms with Crippen molar-refractivity contribution in [2.45, 2.75) is 12.8 Å². The standard InChI is InChI=1S/C12H12BrNO3/c1-2-3-4-11(15)14-10-6-5-8(12(16)17)7-9(10)13/h2,5-7H,1,3-4H2,(H,14,15)(H,16,17). The van der Waals surface area contributed by atoms with Gasteiger partial charge in [0.1, 0.15) is 0 Å². The van der Waals surface area contributed by atoms with Crippen LogP contribution in [0.4, 0.5) is 5.69 Å². The van der Waals surface area contributed by atoms with Crippen LogP contribution in [0.1, 0.15) is 23.2 Å². The number of carboxylic acid groups (broad SMARTS) is 1. The number of anilines is 1. The van der Waals surface area contributed by atoms with Crippen molar-refractivity contribution in [3.63, 3.8) is 0 Å². The smallest absolute Gasteiger partial charge is 0.335 e. The zero-order valence-electron chi connectivity index (χ0n) is 9.07. The molecule has 2 N–H and O–H groups in total. The third kappa shape index (κ3) is 4.03. The number of amides is 1. The summed E-state index contributed by atoms with van der Waals surface area (Å²) in [5, 5.41) is 11.5. The van der Waals surface area contributed by atoms with Gasteiger partial charge in [-0.3, -0.25) is 4.79 Å². The molecule has 0 fully saturated rings. The molecule has 4 nitrogen and oxygen atoms in total. The Kier molecular flexibility index (Phi) is 4.90. The second-order valence-corrected chi connectivity index (χ2v) is 4.23. The lowest BCUT2D eigenvalue weighted by Gasteiger charge is -2.07. The summed E-state index contributed by atoms with van der Waals surface area (Å²) in [5.41, 5.74) is 0.727. The van der Waals surface area contributed by atoms with E-state index in [2.05, 4.69) is 27.8 Å². The molecule has 0 aliphatic heterocycles. The van der Waals surface area contributed by atoms with E-state index in [4.69, 9.17) is 5.11 Å². The maximum atomic E-state index is 11.4. The quantitative estimate of drug-likeness (QED) is 0.821. The average Bonchev–Trinajstić information content (AvgIpc) is 2.28. The molecule has 1 amide bonds. The molecular weight excluding hydrogens is 286 g/mol. The van der Waals surface area contributed by atoms with E-state index in [-0.39, 0.29) is 11.5 Å². The summed E-state index contributed by atoms with van der Waals surface area (Å²) in [6.45, 7) is 3.53. The number of carboxylic acids is 1. The predicted molar refractivity (Wildman–Crippen MR) is 69.2 cm³/mol. The van der Waals surface area contributed by atoms with E-state index in [1.807, 2.05) is 0 Å². The van der Waals surface area contributed by atoms with Crippen molar-refractivity contribution in [2.24, 2.45) is 0 Å². The first-order valence-corrected chi connectivity index (χ1v) is 5.77. The van der Waals surface area contributed by atoms with Crippen LogP contribution in [0.2, 0.25) is 0 Å². The fraction of sp³-hybridized carbons (Fsp3) is 0.167. The van der Waals surface area contributed by atoms with Gasteiger partial charge in [0.15, 0.2) is 0 Å². The van der Waals surface area contributed by atoms with E-state index in [9.17, 15) is 9.59 Å². The van der Waals surface area contributed by atoms with Gasteiger partial charge < -0.3 is 10.4 Å². The number of carbonyl (C=O) groups excluding carboxylic acids is 1. The van der Waals surface area contributed by atoms with Crippen LogP contribution in [-0.4, -0.2) is 17.0 Å². The van der Waals surface area contributed by atoms with Crippen molar-refractivity contribution in [1.82, 2.24) is 0 Å². The van der Waals surface area contributed by atoms with E-state index in [0.717, 1.165) is 0 Å². The fourth-order valence-electron chi connectivity index (χ4n) is 1.20. The van der Waals surface area contributed by atoms with Crippen LogP contribution < -0.4 is 5.32 Å². The van der Waals surface area contributed by atoms with Gasteiger partial charge in [0.05, 0.1) is 11.3 Å².